The molecule has 0 radical (unpaired) electrons. The zero-order valence-corrected chi connectivity index (χ0v) is 27.1. The number of rotatable bonds is 24. The molecular weight excluding hydrogens is 552 g/mol. The van der Waals surface area contributed by atoms with Crippen molar-refractivity contribution in [3.05, 3.63) is 71.8 Å². The van der Waals surface area contributed by atoms with Gasteiger partial charge in [-0.05, 0) is 12.8 Å². The van der Waals surface area contributed by atoms with Crippen molar-refractivity contribution < 1.29 is 29.0 Å². The average molecular weight is 607 g/mol. The molecule has 0 aliphatic rings. The average Bonchev–Trinajstić information content (AvgIpc) is 3.06. The Morgan fingerprint density at radius 3 is 1.07 bits per heavy atom. The highest BCUT2D eigenvalue weighted by atomic mass is 17.2. The first kappa shape index (κ1) is 36.9. The summed E-state index contributed by atoms with van der Waals surface area (Å²) in [5.74, 6) is -4.67. The third-order valence-corrected chi connectivity index (χ3v) is 8.22. The number of benzene rings is 2. The third kappa shape index (κ3) is 14.5. The van der Waals surface area contributed by atoms with Crippen LogP contribution >= 0.6 is 0 Å². The van der Waals surface area contributed by atoms with Crippen LogP contribution in [-0.2, 0) is 19.4 Å². The molecule has 44 heavy (non-hydrogen) atoms. The van der Waals surface area contributed by atoms with Crippen molar-refractivity contribution in [1.82, 2.24) is 0 Å². The molecule has 0 aliphatic heterocycles. The van der Waals surface area contributed by atoms with E-state index in [1.807, 2.05) is 0 Å². The SMILES string of the molecule is CCCCCCCCCCC(C(=O)OOC(=O)C(CCCCCCCCCC)C(=O)c1ccccc1)C(=O)c1ccccc1. The molecule has 0 N–H and O–H groups in total. The van der Waals surface area contributed by atoms with Gasteiger partial charge < -0.3 is 0 Å². The molecule has 6 nitrogen and oxygen atoms in total. The molecule has 0 saturated carbocycles. The van der Waals surface area contributed by atoms with E-state index < -0.39 is 23.8 Å². The summed E-state index contributed by atoms with van der Waals surface area (Å²) in [5.41, 5.74) is 0.819. The molecule has 0 amide bonds. The molecule has 2 aromatic rings. The van der Waals surface area contributed by atoms with E-state index in [0.29, 0.717) is 36.8 Å². The molecule has 2 rings (SSSR count). The summed E-state index contributed by atoms with van der Waals surface area (Å²) in [4.78, 5) is 62.9. The molecule has 0 bridgehead atoms. The first-order valence-corrected chi connectivity index (χ1v) is 17.1. The number of carbonyl (C=O) groups excluding carboxylic acids is 4. The van der Waals surface area contributed by atoms with E-state index >= 15 is 0 Å². The Bertz CT molecular complexity index is 994. The minimum atomic E-state index is -1.08. The van der Waals surface area contributed by atoms with Gasteiger partial charge in [-0.25, -0.2) is 19.4 Å². The lowest BCUT2D eigenvalue weighted by atomic mass is 9.92. The maximum Gasteiger partial charge on any atom is 0.366 e. The topological polar surface area (TPSA) is 86.7 Å². The summed E-state index contributed by atoms with van der Waals surface area (Å²) in [6.07, 6.45) is 17.9. The normalized spacial score (nSPS) is 12.3. The summed E-state index contributed by atoms with van der Waals surface area (Å²) in [7, 11) is 0. The van der Waals surface area contributed by atoms with Crippen molar-refractivity contribution in [2.24, 2.45) is 11.8 Å². The number of unbranched alkanes of at least 4 members (excludes halogenated alkanes) is 14. The van der Waals surface area contributed by atoms with Crippen LogP contribution in [0.1, 0.15) is 150 Å². The molecule has 242 valence electrons. The number of hydrogen-bond acceptors (Lipinski definition) is 6. The number of hydrogen-bond donors (Lipinski definition) is 0. The summed E-state index contributed by atoms with van der Waals surface area (Å²) in [6.45, 7) is 4.39. The van der Waals surface area contributed by atoms with Crippen molar-refractivity contribution >= 4 is 23.5 Å². The monoisotopic (exact) mass is 606 g/mol. The van der Waals surface area contributed by atoms with E-state index in [-0.39, 0.29) is 11.6 Å². The predicted molar refractivity (Wildman–Crippen MR) is 175 cm³/mol. The van der Waals surface area contributed by atoms with Crippen LogP contribution in [-0.4, -0.2) is 23.5 Å². The summed E-state index contributed by atoms with van der Waals surface area (Å²) in [6, 6.07) is 17.3. The number of Topliss-reactive ketones (excluding diaryl/α,β-unsaturated/α-hetero) is 2. The maximum absolute atomic E-state index is 13.3. The van der Waals surface area contributed by atoms with Gasteiger partial charge >= 0.3 is 11.9 Å². The maximum atomic E-state index is 13.3. The van der Waals surface area contributed by atoms with Crippen LogP contribution in [0.25, 0.3) is 0 Å². The van der Waals surface area contributed by atoms with Gasteiger partial charge in [0.05, 0.1) is 0 Å². The largest absolute Gasteiger partial charge is 0.366 e. The Morgan fingerprint density at radius 1 is 0.455 bits per heavy atom. The van der Waals surface area contributed by atoms with Gasteiger partial charge in [0.2, 0.25) is 0 Å². The van der Waals surface area contributed by atoms with Crippen molar-refractivity contribution in [1.29, 1.82) is 0 Å². The van der Waals surface area contributed by atoms with Crippen LogP contribution in [0.3, 0.4) is 0 Å². The van der Waals surface area contributed by atoms with Gasteiger partial charge in [0.15, 0.2) is 11.6 Å². The highest BCUT2D eigenvalue weighted by Gasteiger charge is 2.34. The Labute approximate surface area is 265 Å². The van der Waals surface area contributed by atoms with E-state index in [4.69, 9.17) is 9.78 Å². The van der Waals surface area contributed by atoms with Crippen molar-refractivity contribution in [2.75, 3.05) is 0 Å². The lowest BCUT2D eigenvalue weighted by Gasteiger charge is -2.16. The van der Waals surface area contributed by atoms with E-state index in [2.05, 4.69) is 13.8 Å². The fraction of sp³-hybridized carbons (Fsp3) is 0.579. The standard InChI is InChI=1S/C38H54O6/c1-3-5-7-9-11-13-15-23-29-33(35(39)31-25-19-17-20-26-31)37(41)43-44-38(42)34(36(40)32-27-21-18-22-28-32)30-24-16-14-12-10-8-6-4-2/h17-22,25-28,33-34H,3-16,23-24,29-30H2,1-2H3. The first-order valence-electron chi connectivity index (χ1n) is 17.1. The summed E-state index contributed by atoms with van der Waals surface area (Å²) >= 11 is 0. The number of carbonyl (C=O) groups is 4. The van der Waals surface area contributed by atoms with Crippen molar-refractivity contribution in [2.45, 2.75) is 129 Å². The smallest absolute Gasteiger partial charge is 0.293 e. The Morgan fingerprint density at radius 2 is 0.750 bits per heavy atom. The van der Waals surface area contributed by atoms with Crippen LogP contribution in [0.2, 0.25) is 0 Å². The second-order valence-corrected chi connectivity index (χ2v) is 11.9. The lowest BCUT2D eigenvalue weighted by molar-refractivity contribution is -0.263. The number of ketones is 2. The molecule has 6 heteroatoms. The van der Waals surface area contributed by atoms with Crippen LogP contribution in [0, 0.1) is 11.8 Å². The molecule has 0 aliphatic carbocycles. The van der Waals surface area contributed by atoms with E-state index in [0.717, 1.165) is 38.5 Å². The molecular formula is C38H54O6. The van der Waals surface area contributed by atoms with Crippen LogP contribution in [0.5, 0.6) is 0 Å². The van der Waals surface area contributed by atoms with Gasteiger partial charge in [-0.3, -0.25) is 9.59 Å². The fourth-order valence-corrected chi connectivity index (χ4v) is 5.48. The molecule has 0 fully saturated rings. The van der Waals surface area contributed by atoms with Gasteiger partial charge in [-0.15, -0.1) is 0 Å². The van der Waals surface area contributed by atoms with E-state index in [1.54, 1.807) is 60.7 Å². The molecule has 2 unspecified atom stereocenters. The molecule has 0 heterocycles. The van der Waals surface area contributed by atoms with E-state index in [1.165, 1.54) is 51.4 Å². The summed E-state index contributed by atoms with van der Waals surface area (Å²) in [5, 5.41) is 0. The minimum Gasteiger partial charge on any atom is -0.293 e. The van der Waals surface area contributed by atoms with Crippen LogP contribution in [0.4, 0.5) is 0 Å². The van der Waals surface area contributed by atoms with E-state index in [9.17, 15) is 19.2 Å². The Hall–Kier alpha value is -3.28. The van der Waals surface area contributed by atoms with Crippen LogP contribution in [0.15, 0.2) is 60.7 Å². The molecule has 0 saturated heterocycles. The highest BCUT2D eigenvalue weighted by molar-refractivity contribution is 6.10. The summed E-state index contributed by atoms with van der Waals surface area (Å²) < 4.78 is 0. The second-order valence-electron chi connectivity index (χ2n) is 11.9. The third-order valence-electron chi connectivity index (χ3n) is 8.22. The van der Waals surface area contributed by atoms with Gasteiger partial charge in [0, 0.05) is 11.1 Å². The molecule has 2 aromatic carbocycles. The molecule has 2 atom stereocenters. The Kier molecular flexibility index (Phi) is 19.4. The highest BCUT2D eigenvalue weighted by Crippen LogP contribution is 2.22. The molecule has 0 aromatic heterocycles. The van der Waals surface area contributed by atoms with Gasteiger partial charge in [0.25, 0.3) is 0 Å². The van der Waals surface area contributed by atoms with Gasteiger partial charge in [0.1, 0.15) is 11.8 Å². The second kappa shape index (κ2) is 23.1. The molecule has 0 spiro atoms. The van der Waals surface area contributed by atoms with Crippen molar-refractivity contribution in [3.8, 4) is 0 Å². The van der Waals surface area contributed by atoms with Crippen LogP contribution < -0.4 is 0 Å². The van der Waals surface area contributed by atoms with Crippen molar-refractivity contribution in [3.63, 3.8) is 0 Å². The first-order chi connectivity index (χ1) is 21.5. The fourth-order valence-electron chi connectivity index (χ4n) is 5.48. The zero-order chi connectivity index (χ0) is 31.8. The van der Waals surface area contributed by atoms with Gasteiger partial charge in [-0.2, -0.15) is 0 Å². The van der Waals surface area contributed by atoms with Gasteiger partial charge in [-0.1, -0.05) is 177 Å². The lowest BCUT2D eigenvalue weighted by Crippen LogP contribution is -2.31. The minimum absolute atomic E-state index is 0.309. The zero-order valence-electron chi connectivity index (χ0n) is 27.1. The predicted octanol–water partition coefficient (Wildman–Crippen LogP) is 10.0. The Balaban J connectivity index is 1.99. The quantitative estimate of drug-likeness (QED) is 0.0388.